The van der Waals surface area contributed by atoms with Gasteiger partial charge in [-0.1, -0.05) is 18.2 Å². The molecule has 1 atom stereocenters. The maximum Gasteiger partial charge on any atom is 0.137 e. The van der Waals surface area contributed by atoms with E-state index < -0.39 is 6.10 Å². The van der Waals surface area contributed by atoms with E-state index in [1.54, 1.807) is 30.5 Å². The molecule has 1 heterocycles. The molecule has 108 valence electrons. The predicted molar refractivity (Wildman–Crippen MR) is 78.6 cm³/mol. The van der Waals surface area contributed by atoms with Crippen LogP contribution in [0.2, 0.25) is 0 Å². The van der Waals surface area contributed by atoms with Gasteiger partial charge in [-0.25, -0.2) is 0 Å². The predicted octanol–water partition coefficient (Wildman–Crippen LogP) is 1.48. The number of hydrogen-bond acceptors (Lipinski definition) is 5. The summed E-state index contributed by atoms with van der Waals surface area (Å²) in [4.78, 5) is 4.18. The van der Waals surface area contributed by atoms with E-state index in [1.165, 1.54) is 0 Å². The maximum absolute atomic E-state index is 9.86. The second-order valence-corrected chi connectivity index (χ2v) is 4.52. The normalized spacial score (nSPS) is 11.6. The van der Waals surface area contributed by atoms with Crippen LogP contribution in [0.4, 0.5) is 0 Å². The van der Waals surface area contributed by atoms with E-state index in [9.17, 15) is 5.11 Å². The van der Waals surface area contributed by atoms with Gasteiger partial charge in [0.15, 0.2) is 0 Å². The lowest BCUT2D eigenvalue weighted by Gasteiger charge is -2.13. The van der Waals surface area contributed by atoms with Crippen molar-refractivity contribution in [1.82, 2.24) is 10.3 Å². The van der Waals surface area contributed by atoms with Crippen LogP contribution in [0.1, 0.15) is 11.3 Å². The summed E-state index contributed by atoms with van der Waals surface area (Å²) in [6, 6.07) is 14.7. The summed E-state index contributed by atoms with van der Waals surface area (Å²) in [5.41, 5.74) is 1.38. The van der Waals surface area contributed by atoms with Crippen LogP contribution in [0.15, 0.2) is 48.7 Å². The van der Waals surface area contributed by atoms with Crippen LogP contribution in [-0.2, 0) is 6.54 Å². The van der Waals surface area contributed by atoms with Crippen LogP contribution in [0.25, 0.3) is 0 Å². The Morgan fingerprint density at radius 2 is 2.05 bits per heavy atom. The summed E-state index contributed by atoms with van der Waals surface area (Å²) in [7, 11) is 0. The van der Waals surface area contributed by atoms with Gasteiger partial charge in [0.2, 0.25) is 0 Å². The van der Waals surface area contributed by atoms with Crippen LogP contribution >= 0.6 is 0 Å². The number of hydrogen-bond donors (Lipinski definition) is 2. The molecule has 0 spiro atoms. The number of nitrogens with zero attached hydrogens (tertiary/aromatic N) is 2. The molecule has 0 bridgehead atoms. The Bertz CT molecular complexity index is 596. The molecule has 0 radical (unpaired) electrons. The summed E-state index contributed by atoms with van der Waals surface area (Å²) >= 11 is 0. The summed E-state index contributed by atoms with van der Waals surface area (Å²) in [6.45, 7) is 1.12. The molecule has 0 saturated heterocycles. The van der Waals surface area contributed by atoms with Gasteiger partial charge in [0.1, 0.15) is 24.5 Å². The van der Waals surface area contributed by atoms with E-state index in [1.807, 2.05) is 18.2 Å². The zero-order valence-electron chi connectivity index (χ0n) is 11.6. The molecule has 0 fully saturated rings. The van der Waals surface area contributed by atoms with E-state index in [0.29, 0.717) is 24.4 Å². The molecule has 5 heteroatoms. The van der Waals surface area contributed by atoms with Crippen LogP contribution in [0.3, 0.4) is 0 Å². The first-order chi connectivity index (χ1) is 10.3. The van der Waals surface area contributed by atoms with Gasteiger partial charge >= 0.3 is 0 Å². The van der Waals surface area contributed by atoms with Crippen molar-refractivity contribution in [2.45, 2.75) is 12.6 Å². The lowest BCUT2D eigenvalue weighted by Crippen LogP contribution is -2.31. The van der Waals surface area contributed by atoms with Crippen molar-refractivity contribution in [3.8, 4) is 11.8 Å². The molecule has 5 nitrogen and oxygen atoms in total. The number of aliphatic hydroxyl groups excluding tert-OH is 1. The minimum atomic E-state index is -0.652. The number of ether oxygens (including phenoxy) is 1. The number of nitriles is 1. The number of aromatic nitrogens is 1. The first-order valence-electron chi connectivity index (χ1n) is 6.70. The van der Waals surface area contributed by atoms with Gasteiger partial charge in [-0.05, 0) is 24.3 Å². The highest BCUT2D eigenvalue weighted by Gasteiger charge is 2.07. The van der Waals surface area contributed by atoms with Crippen molar-refractivity contribution in [1.29, 1.82) is 5.26 Å². The minimum absolute atomic E-state index is 0.133. The smallest absolute Gasteiger partial charge is 0.137 e. The lowest BCUT2D eigenvalue weighted by molar-refractivity contribution is 0.106. The molecule has 1 aromatic carbocycles. The quantitative estimate of drug-likeness (QED) is 0.805. The van der Waals surface area contributed by atoms with Crippen LogP contribution in [0.5, 0.6) is 5.75 Å². The monoisotopic (exact) mass is 283 g/mol. The Kier molecular flexibility index (Phi) is 5.71. The standard InChI is InChI=1S/C16H17N3O2/c17-9-13-5-1-2-7-16(13)21-12-15(20)11-18-10-14-6-3-4-8-19-14/h1-8,15,18,20H,10-12H2. The molecule has 0 saturated carbocycles. The fourth-order valence-corrected chi connectivity index (χ4v) is 1.80. The number of aliphatic hydroxyl groups is 1. The second kappa shape index (κ2) is 8.00. The molecular formula is C16H17N3O2. The highest BCUT2D eigenvalue weighted by Crippen LogP contribution is 2.16. The van der Waals surface area contributed by atoms with Crippen molar-refractivity contribution >= 4 is 0 Å². The third-order valence-electron chi connectivity index (χ3n) is 2.85. The Labute approximate surface area is 123 Å². The molecule has 2 N–H and O–H groups in total. The molecule has 1 unspecified atom stereocenters. The summed E-state index contributed by atoms with van der Waals surface area (Å²) in [5, 5.41) is 21.9. The van der Waals surface area contributed by atoms with Crippen LogP contribution in [0, 0.1) is 11.3 Å². The van der Waals surface area contributed by atoms with Gasteiger partial charge in [-0.2, -0.15) is 5.26 Å². The van der Waals surface area contributed by atoms with Crippen molar-refractivity contribution in [3.63, 3.8) is 0 Å². The number of para-hydroxylation sites is 1. The Hall–Kier alpha value is -2.42. The largest absolute Gasteiger partial charge is 0.489 e. The highest BCUT2D eigenvalue weighted by molar-refractivity contribution is 5.42. The van der Waals surface area contributed by atoms with Crippen molar-refractivity contribution in [3.05, 3.63) is 59.9 Å². The molecule has 0 aliphatic heterocycles. The van der Waals surface area contributed by atoms with Crippen molar-refractivity contribution in [2.24, 2.45) is 0 Å². The third-order valence-corrected chi connectivity index (χ3v) is 2.85. The first-order valence-corrected chi connectivity index (χ1v) is 6.70. The summed E-state index contributed by atoms with van der Waals surface area (Å²) < 4.78 is 5.46. The molecule has 2 aromatic rings. The van der Waals surface area contributed by atoms with Gasteiger partial charge in [-0.15, -0.1) is 0 Å². The zero-order valence-corrected chi connectivity index (χ0v) is 11.6. The topological polar surface area (TPSA) is 78.2 Å². The van der Waals surface area contributed by atoms with Crippen molar-refractivity contribution < 1.29 is 9.84 Å². The highest BCUT2D eigenvalue weighted by atomic mass is 16.5. The van der Waals surface area contributed by atoms with Gasteiger partial charge in [0.05, 0.1) is 11.3 Å². The van der Waals surface area contributed by atoms with Gasteiger partial charge in [0, 0.05) is 19.3 Å². The molecular weight excluding hydrogens is 266 g/mol. The van der Waals surface area contributed by atoms with E-state index in [0.717, 1.165) is 5.69 Å². The Balaban J connectivity index is 1.73. The van der Waals surface area contributed by atoms with Gasteiger partial charge in [0.25, 0.3) is 0 Å². The molecule has 0 aliphatic carbocycles. The van der Waals surface area contributed by atoms with Crippen molar-refractivity contribution in [2.75, 3.05) is 13.2 Å². The Morgan fingerprint density at radius 3 is 2.81 bits per heavy atom. The van der Waals surface area contributed by atoms with Crippen LogP contribution < -0.4 is 10.1 Å². The minimum Gasteiger partial charge on any atom is -0.489 e. The first kappa shape index (κ1) is 15.0. The number of benzene rings is 1. The average molecular weight is 283 g/mol. The molecule has 1 aromatic heterocycles. The number of pyridine rings is 1. The van der Waals surface area contributed by atoms with E-state index in [-0.39, 0.29) is 6.61 Å². The van der Waals surface area contributed by atoms with E-state index in [4.69, 9.17) is 10.00 Å². The summed E-state index contributed by atoms with van der Waals surface area (Å²) in [5.74, 6) is 0.490. The number of nitrogens with one attached hydrogen (secondary N) is 1. The van der Waals surface area contributed by atoms with Crippen LogP contribution in [-0.4, -0.2) is 29.3 Å². The van der Waals surface area contributed by atoms with E-state index in [2.05, 4.69) is 16.4 Å². The second-order valence-electron chi connectivity index (χ2n) is 4.52. The SMILES string of the molecule is N#Cc1ccccc1OCC(O)CNCc1ccccn1. The zero-order chi connectivity index (χ0) is 14.9. The lowest BCUT2D eigenvalue weighted by atomic mass is 10.2. The Morgan fingerprint density at radius 1 is 1.24 bits per heavy atom. The molecule has 21 heavy (non-hydrogen) atoms. The molecule has 2 rings (SSSR count). The van der Waals surface area contributed by atoms with Gasteiger partial charge in [-0.3, -0.25) is 4.98 Å². The number of rotatable bonds is 7. The fraction of sp³-hybridized carbons (Fsp3) is 0.250. The average Bonchev–Trinajstić information content (AvgIpc) is 2.54. The third kappa shape index (κ3) is 4.88. The molecule has 0 amide bonds. The van der Waals surface area contributed by atoms with E-state index >= 15 is 0 Å². The summed E-state index contributed by atoms with van der Waals surface area (Å²) in [6.07, 6.45) is 1.08. The van der Waals surface area contributed by atoms with Gasteiger partial charge < -0.3 is 15.2 Å². The molecule has 0 aliphatic rings. The maximum atomic E-state index is 9.86. The fourth-order valence-electron chi connectivity index (χ4n) is 1.80.